The Morgan fingerprint density at radius 2 is 2.17 bits per heavy atom. The monoisotopic (exact) mass is 266 g/mol. The van der Waals surface area contributed by atoms with E-state index in [1.165, 1.54) is 9.75 Å². The number of aryl methyl sites for hydroxylation is 1. The number of hydrogen-bond donors (Lipinski definition) is 1. The second-order valence-electron chi connectivity index (χ2n) is 5.50. The molecular weight excluding hydrogens is 244 g/mol. The molecule has 2 rings (SSSR count). The first-order valence-electron chi connectivity index (χ1n) is 6.90. The van der Waals surface area contributed by atoms with Gasteiger partial charge in [-0.25, -0.2) is 0 Å². The highest BCUT2D eigenvalue weighted by Crippen LogP contribution is 2.46. The summed E-state index contributed by atoms with van der Waals surface area (Å²) in [6.07, 6.45) is 5.67. The zero-order chi connectivity index (χ0) is 13.2. The van der Waals surface area contributed by atoms with E-state index in [9.17, 15) is 9.90 Å². The summed E-state index contributed by atoms with van der Waals surface area (Å²) in [6, 6.07) is 4.26. The highest BCUT2D eigenvalue weighted by Gasteiger charge is 2.45. The lowest BCUT2D eigenvalue weighted by Crippen LogP contribution is -2.30. The molecule has 0 spiro atoms. The van der Waals surface area contributed by atoms with E-state index < -0.39 is 11.4 Å². The van der Waals surface area contributed by atoms with Crippen LogP contribution < -0.4 is 0 Å². The molecule has 1 aliphatic carbocycles. The van der Waals surface area contributed by atoms with Gasteiger partial charge in [0.2, 0.25) is 0 Å². The van der Waals surface area contributed by atoms with Gasteiger partial charge in [0.15, 0.2) is 0 Å². The fourth-order valence-electron chi connectivity index (χ4n) is 3.06. The van der Waals surface area contributed by atoms with E-state index in [0.717, 1.165) is 38.5 Å². The number of hydrogen-bond acceptors (Lipinski definition) is 2. The number of thiophene rings is 1. The fourth-order valence-corrected chi connectivity index (χ4v) is 4.16. The van der Waals surface area contributed by atoms with Crippen LogP contribution in [0.3, 0.4) is 0 Å². The van der Waals surface area contributed by atoms with Crippen molar-refractivity contribution in [1.29, 1.82) is 0 Å². The van der Waals surface area contributed by atoms with Gasteiger partial charge in [0.05, 0.1) is 5.41 Å². The summed E-state index contributed by atoms with van der Waals surface area (Å²) < 4.78 is 0. The SMILES string of the molecule is CCc1ccc(CC2(C(=O)O)CCC(CC)C2)s1. The van der Waals surface area contributed by atoms with Gasteiger partial charge in [0.1, 0.15) is 0 Å². The van der Waals surface area contributed by atoms with Gasteiger partial charge in [-0.3, -0.25) is 4.79 Å². The summed E-state index contributed by atoms with van der Waals surface area (Å²) in [7, 11) is 0. The minimum Gasteiger partial charge on any atom is -0.481 e. The van der Waals surface area contributed by atoms with Crippen LogP contribution in [0, 0.1) is 11.3 Å². The molecule has 1 heterocycles. The number of carboxylic acids is 1. The van der Waals surface area contributed by atoms with Gasteiger partial charge in [-0.15, -0.1) is 11.3 Å². The van der Waals surface area contributed by atoms with Gasteiger partial charge in [-0.1, -0.05) is 20.3 Å². The summed E-state index contributed by atoms with van der Waals surface area (Å²) in [5.41, 5.74) is -0.490. The zero-order valence-electron chi connectivity index (χ0n) is 11.2. The number of carbonyl (C=O) groups is 1. The van der Waals surface area contributed by atoms with Crippen LogP contribution >= 0.6 is 11.3 Å². The number of aliphatic carboxylic acids is 1. The molecule has 1 aromatic heterocycles. The van der Waals surface area contributed by atoms with Crippen molar-refractivity contribution in [2.45, 2.75) is 52.4 Å². The Hall–Kier alpha value is -0.830. The second kappa shape index (κ2) is 5.43. The third kappa shape index (κ3) is 2.61. The third-order valence-electron chi connectivity index (χ3n) is 4.32. The smallest absolute Gasteiger partial charge is 0.310 e. The van der Waals surface area contributed by atoms with Crippen molar-refractivity contribution >= 4 is 17.3 Å². The van der Waals surface area contributed by atoms with Crippen molar-refractivity contribution < 1.29 is 9.90 Å². The summed E-state index contributed by atoms with van der Waals surface area (Å²) in [6.45, 7) is 4.31. The topological polar surface area (TPSA) is 37.3 Å². The quantitative estimate of drug-likeness (QED) is 0.870. The first kappa shape index (κ1) is 13.6. The largest absolute Gasteiger partial charge is 0.481 e. The van der Waals surface area contributed by atoms with E-state index >= 15 is 0 Å². The van der Waals surface area contributed by atoms with Gasteiger partial charge >= 0.3 is 5.97 Å². The molecule has 1 N–H and O–H groups in total. The van der Waals surface area contributed by atoms with Gasteiger partial charge in [0.25, 0.3) is 0 Å². The van der Waals surface area contributed by atoms with Crippen LogP contribution in [0.4, 0.5) is 0 Å². The molecule has 0 saturated heterocycles. The number of carboxylic acid groups (broad SMARTS) is 1. The normalized spacial score (nSPS) is 27.6. The van der Waals surface area contributed by atoms with E-state index in [2.05, 4.69) is 26.0 Å². The summed E-state index contributed by atoms with van der Waals surface area (Å²) >= 11 is 1.78. The van der Waals surface area contributed by atoms with Crippen LogP contribution in [-0.2, 0) is 17.6 Å². The Balaban J connectivity index is 2.14. The van der Waals surface area contributed by atoms with Crippen molar-refractivity contribution in [3.05, 3.63) is 21.9 Å². The first-order chi connectivity index (χ1) is 8.59. The van der Waals surface area contributed by atoms with Crippen LogP contribution in [0.5, 0.6) is 0 Å². The molecule has 2 nitrogen and oxygen atoms in total. The maximum atomic E-state index is 11.7. The van der Waals surface area contributed by atoms with Crippen LogP contribution in [0.1, 0.15) is 49.3 Å². The van der Waals surface area contributed by atoms with Gasteiger partial charge in [-0.05, 0) is 50.2 Å². The number of rotatable bonds is 5. The van der Waals surface area contributed by atoms with Crippen molar-refractivity contribution in [3.63, 3.8) is 0 Å². The minimum atomic E-state index is -0.593. The standard InChI is InChI=1S/C15H22O2S/c1-3-11-7-8-15(9-11,14(16)17)10-13-6-5-12(4-2)18-13/h5-6,11H,3-4,7-10H2,1-2H3,(H,16,17). The predicted octanol–water partition coefficient (Wildman–Crippen LogP) is 4.13. The molecule has 0 radical (unpaired) electrons. The molecule has 1 fully saturated rings. The average Bonchev–Trinajstić information content (AvgIpc) is 2.97. The molecule has 0 aliphatic heterocycles. The first-order valence-corrected chi connectivity index (χ1v) is 7.72. The van der Waals surface area contributed by atoms with E-state index in [4.69, 9.17) is 0 Å². The molecule has 0 amide bonds. The Morgan fingerprint density at radius 1 is 1.44 bits per heavy atom. The molecule has 100 valence electrons. The molecular formula is C15H22O2S. The van der Waals surface area contributed by atoms with Crippen molar-refractivity contribution in [3.8, 4) is 0 Å². The Kier molecular flexibility index (Phi) is 4.10. The average molecular weight is 266 g/mol. The fraction of sp³-hybridized carbons (Fsp3) is 0.667. The zero-order valence-corrected chi connectivity index (χ0v) is 12.1. The highest BCUT2D eigenvalue weighted by atomic mass is 32.1. The van der Waals surface area contributed by atoms with Crippen LogP contribution in [0.15, 0.2) is 12.1 Å². The second-order valence-corrected chi connectivity index (χ2v) is 6.75. The third-order valence-corrected chi connectivity index (χ3v) is 5.55. The van der Waals surface area contributed by atoms with Crippen LogP contribution in [-0.4, -0.2) is 11.1 Å². The van der Waals surface area contributed by atoms with Gasteiger partial charge in [-0.2, -0.15) is 0 Å². The van der Waals surface area contributed by atoms with Gasteiger partial charge in [0, 0.05) is 9.75 Å². The minimum absolute atomic E-state index is 0.490. The van der Waals surface area contributed by atoms with E-state index in [-0.39, 0.29) is 0 Å². The molecule has 1 aliphatic rings. The lowest BCUT2D eigenvalue weighted by atomic mass is 9.81. The van der Waals surface area contributed by atoms with Crippen molar-refractivity contribution in [2.75, 3.05) is 0 Å². The summed E-state index contributed by atoms with van der Waals surface area (Å²) in [5.74, 6) is 0.0107. The molecule has 2 atom stereocenters. The molecule has 0 bridgehead atoms. The van der Waals surface area contributed by atoms with Crippen LogP contribution in [0.2, 0.25) is 0 Å². The molecule has 3 heteroatoms. The maximum Gasteiger partial charge on any atom is 0.310 e. The Bertz CT molecular complexity index is 424. The maximum absolute atomic E-state index is 11.7. The Morgan fingerprint density at radius 3 is 2.67 bits per heavy atom. The molecule has 0 aromatic carbocycles. The molecule has 2 unspecified atom stereocenters. The van der Waals surface area contributed by atoms with Crippen molar-refractivity contribution in [2.24, 2.45) is 11.3 Å². The molecule has 18 heavy (non-hydrogen) atoms. The Labute approximate surface area is 113 Å². The molecule has 1 aromatic rings. The summed E-state index contributed by atoms with van der Waals surface area (Å²) in [5, 5.41) is 9.61. The lowest BCUT2D eigenvalue weighted by Gasteiger charge is -2.23. The summed E-state index contributed by atoms with van der Waals surface area (Å²) in [4.78, 5) is 14.3. The van der Waals surface area contributed by atoms with E-state index in [1.54, 1.807) is 11.3 Å². The van der Waals surface area contributed by atoms with E-state index in [0.29, 0.717) is 5.92 Å². The van der Waals surface area contributed by atoms with Crippen LogP contribution in [0.25, 0.3) is 0 Å². The van der Waals surface area contributed by atoms with Crippen molar-refractivity contribution in [1.82, 2.24) is 0 Å². The highest BCUT2D eigenvalue weighted by molar-refractivity contribution is 7.12. The molecule has 1 saturated carbocycles. The van der Waals surface area contributed by atoms with E-state index in [1.807, 2.05) is 0 Å². The predicted molar refractivity (Wildman–Crippen MR) is 75.1 cm³/mol. The lowest BCUT2D eigenvalue weighted by molar-refractivity contribution is -0.148. The van der Waals surface area contributed by atoms with Gasteiger partial charge < -0.3 is 5.11 Å².